The summed E-state index contributed by atoms with van der Waals surface area (Å²) in [5.41, 5.74) is -0.439. The maximum absolute atomic E-state index is 12.6. The van der Waals surface area contributed by atoms with Gasteiger partial charge in [-0.25, -0.2) is 4.79 Å². The fourth-order valence-corrected chi connectivity index (χ4v) is 3.80. The molecule has 0 bridgehead atoms. The van der Waals surface area contributed by atoms with E-state index in [2.05, 4.69) is 5.32 Å². The summed E-state index contributed by atoms with van der Waals surface area (Å²) >= 11 is 0. The number of likely N-dealkylation sites (N-methyl/N-ethyl adjacent to an activating group) is 1. The highest BCUT2D eigenvalue weighted by Crippen LogP contribution is 2.32. The standard InChI is InChI=1S/C19H25N3O5.ClH/c1-21(10-14-12-25-15-4-2-3-5-16(15)26-14)17(23)11-22-13-19(27-18(22)24)6-8-20-9-7-19;/h2-5,14,20H,6-13H2,1H3;1H. The lowest BCUT2D eigenvalue weighted by atomic mass is 9.92. The van der Waals surface area contributed by atoms with E-state index in [4.69, 9.17) is 14.2 Å². The van der Waals surface area contributed by atoms with Crippen LogP contribution in [0, 0.1) is 0 Å². The zero-order valence-corrected chi connectivity index (χ0v) is 16.7. The van der Waals surface area contributed by atoms with Crippen LogP contribution in [0.5, 0.6) is 11.5 Å². The number of rotatable bonds is 4. The number of hydrogen-bond acceptors (Lipinski definition) is 6. The Labute approximate surface area is 170 Å². The molecule has 1 aromatic rings. The average molecular weight is 412 g/mol. The summed E-state index contributed by atoms with van der Waals surface area (Å²) in [6.07, 6.45) is 0.928. The van der Waals surface area contributed by atoms with E-state index in [-0.39, 0.29) is 31.0 Å². The van der Waals surface area contributed by atoms with Gasteiger partial charge in [0.25, 0.3) is 0 Å². The minimum Gasteiger partial charge on any atom is -0.486 e. The number of piperidine rings is 1. The molecule has 0 saturated carbocycles. The Morgan fingerprint density at radius 3 is 2.75 bits per heavy atom. The van der Waals surface area contributed by atoms with Crippen LogP contribution in [0.1, 0.15) is 12.8 Å². The average Bonchev–Trinajstić information content (AvgIpc) is 2.96. The molecule has 3 aliphatic rings. The van der Waals surface area contributed by atoms with Gasteiger partial charge in [0.2, 0.25) is 5.91 Å². The van der Waals surface area contributed by atoms with Crippen molar-refractivity contribution < 1.29 is 23.8 Å². The fraction of sp³-hybridized carbons (Fsp3) is 0.579. The molecule has 4 rings (SSSR count). The molecule has 1 unspecified atom stereocenters. The van der Waals surface area contributed by atoms with Crippen molar-refractivity contribution in [1.82, 2.24) is 15.1 Å². The van der Waals surface area contributed by atoms with Gasteiger partial charge in [0.1, 0.15) is 18.8 Å². The van der Waals surface area contributed by atoms with Crippen molar-refractivity contribution in [2.75, 3.05) is 46.4 Å². The summed E-state index contributed by atoms with van der Waals surface area (Å²) in [5, 5.41) is 3.27. The molecule has 0 aliphatic carbocycles. The summed E-state index contributed by atoms with van der Waals surface area (Å²) in [6.45, 7) is 2.94. The third-order valence-electron chi connectivity index (χ3n) is 5.35. The van der Waals surface area contributed by atoms with Gasteiger partial charge < -0.3 is 24.4 Å². The molecule has 1 spiro atoms. The molecule has 28 heavy (non-hydrogen) atoms. The van der Waals surface area contributed by atoms with Crippen LogP contribution in [0.2, 0.25) is 0 Å². The highest BCUT2D eigenvalue weighted by atomic mass is 35.5. The van der Waals surface area contributed by atoms with Crippen molar-refractivity contribution in [2.24, 2.45) is 0 Å². The Balaban J connectivity index is 0.00000225. The number of fused-ring (bicyclic) bond motifs is 1. The third kappa shape index (κ3) is 4.28. The van der Waals surface area contributed by atoms with Crippen LogP contribution in [0.15, 0.2) is 24.3 Å². The van der Waals surface area contributed by atoms with E-state index in [0.717, 1.165) is 31.7 Å². The number of para-hydroxylation sites is 2. The summed E-state index contributed by atoms with van der Waals surface area (Å²) < 4.78 is 17.2. The van der Waals surface area contributed by atoms with E-state index < -0.39 is 11.7 Å². The maximum atomic E-state index is 12.6. The molecule has 2 fully saturated rings. The largest absolute Gasteiger partial charge is 0.486 e. The number of halogens is 1. The molecule has 2 saturated heterocycles. The summed E-state index contributed by atoms with van der Waals surface area (Å²) in [6, 6.07) is 7.48. The lowest BCUT2D eigenvalue weighted by Gasteiger charge is -2.31. The molecule has 3 aliphatic heterocycles. The Hall–Kier alpha value is -2.19. The van der Waals surface area contributed by atoms with Gasteiger partial charge >= 0.3 is 6.09 Å². The first-order chi connectivity index (χ1) is 13.0. The number of nitrogens with one attached hydrogen (secondary N) is 1. The lowest BCUT2D eigenvalue weighted by molar-refractivity contribution is -0.131. The van der Waals surface area contributed by atoms with Crippen molar-refractivity contribution in [1.29, 1.82) is 0 Å². The smallest absolute Gasteiger partial charge is 0.410 e. The molecule has 1 N–H and O–H groups in total. The van der Waals surface area contributed by atoms with Crippen LogP contribution in [-0.4, -0.2) is 79.9 Å². The van der Waals surface area contributed by atoms with Gasteiger partial charge in [-0.15, -0.1) is 12.4 Å². The van der Waals surface area contributed by atoms with Gasteiger partial charge in [-0.1, -0.05) is 12.1 Å². The zero-order chi connectivity index (χ0) is 18.9. The van der Waals surface area contributed by atoms with E-state index in [1.54, 1.807) is 11.9 Å². The van der Waals surface area contributed by atoms with Crippen molar-refractivity contribution in [3.8, 4) is 11.5 Å². The number of ether oxygens (including phenoxy) is 3. The van der Waals surface area contributed by atoms with Gasteiger partial charge in [0.15, 0.2) is 17.6 Å². The lowest BCUT2D eigenvalue weighted by Crippen LogP contribution is -2.47. The van der Waals surface area contributed by atoms with E-state index >= 15 is 0 Å². The zero-order valence-electron chi connectivity index (χ0n) is 15.9. The molecule has 0 radical (unpaired) electrons. The maximum Gasteiger partial charge on any atom is 0.410 e. The van der Waals surface area contributed by atoms with Crippen LogP contribution in [0.25, 0.3) is 0 Å². The first kappa shape index (κ1) is 20.5. The normalized spacial score (nSPS) is 22.4. The topological polar surface area (TPSA) is 80.3 Å². The Morgan fingerprint density at radius 1 is 1.29 bits per heavy atom. The van der Waals surface area contributed by atoms with Gasteiger partial charge in [-0.3, -0.25) is 9.69 Å². The van der Waals surface area contributed by atoms with E-state index in [1.807, 2.05) is 24.3 Å². The summed E-state index contributed by atoms with van der Waals surface area (Å²) in [4.78, 5) is 27.9. The molecule has 2 amide bonds. The van der Waals surface area contributed by atoms with Crippen molar-refractivity contribution in [2.45, 2.75) is 24.5 Å². The quantitative estimate of drug-likeness (QED) is 0.804. The van der Waals surface area contributed by atoms with Gasteiger partial charge in [0.05, 0.1) is 13.1 Å². The number of nitrogens with zero attached hydrogens (tertiary/aromatic N) is 2. The fourth-order valence-electron chi connectivity index (χ4n) is 3.80. The first-order valence-electron chi connectivity index (χ1n) is 9.36. The first-order valence-corrected chi connectivity index (χ1v) is 9.36. The number of carbonyl (C=O) groups is 2. The summed E-state index contributed by atoms with van der Waals surface area (Å²) in [5.74, 6) is 1.26. The van der Waals surface area contributed by atoms with E-state index in [9.17, 15) is 9.59 Å². The molecule has 9 heteroatoms. The van der Waals surface area contributed by atoms with E-state index in [0.29, 0.717) is 25.4 Å². The van der Waals surface area contributed by atoms with Crippen LogP contribution in [0.3, 0.4) is 0 Å². The van der Waals surface area contributed by atoms with Crippen LogP contribution >= 0.6 is 12.4 Å². The van der Waals surface area contributed by atoms with Crippen molar-refractivity contribution in [3.05, 3.63) is 24.3 Å². The summed E-state index contributed by atoms with van der Waals surface area (Å²) in [7, 11) is 1.72. The number of amides is 2. The second kappa shape index (κ2) is 8.45. The minimum absolute atomic E-state index is 0. The second-order valence-electron chi connectivity index (χ2n) is 7.43. The molecule has 1 aromatic carbocycles. The Morgan fingerprint density at radius 2 is 2.00 bits per heavy atom. The number of carbonyl (C=O) groups excluding carboxylic acids is 2. The van der Waals surface area contributed by atoms with Crippen LogP contribution in [-0.2, 0) is 9.53 Å². The highest BCUT2D eigenvalue weighted by Gasteiger charge is 2.46. The Kier molecular flexibility index (Phi) is 6.20. The van der Waals surface area contributed by atoms with Crippen molar-refractivity contribution in [3.63, 3.8) is 0 Å². The van der Waals surface area contributed by atoms with Gasteiger partial charge in [-0.05, 0) is 25.2 Å². The molecule has 0 aromatic heterocycles. The van der Waals surface area contributed by atoms with Crippen molar-refractivity contribution >= 4 is 24.4 Å². The highest BCUT2D eigenvalue weighted by molar-refractivity contribution is 5.85. The third-order valence-corrected chi connectivity index (χ3v) is 5.35. The molecule has 3 heterocycles. The molecule has 8 nitrogen and oxygen atoms in total. The van der Waals surface area contributed by atoms with Crippen LogP contribution < -0.4 is 14.8 Å². The SMILES string of the molecule is CN(CC1COc2ccccc2O1)C(=O)CN1CC2(CCNCC2)OC1=O.Cl. The predicted molar refractivity (Wildman–Crippen MR) is 104 cm³/mol. The van der Waals surface area contributed by atoms with Gasteiger partial charge in [0, 0.05) is 19.9 Å². The molecular formula is C19H26ClN3O5. The number of hydrogen-bond donors (Lipinski definition) is 1. The molecule has 1 atom stereocenters. The van der Waals surface area contributed by atoms with E-state index in [1.165, 1.54) is 4.90 Å². The number of benzene rings is 1. The Bertz CT molecular complexity index is 725. The monoisotopic (exact) mass is 411 g/mol. The minimum atomic E-state index is -0.439. The predicted octanol–water partition coefficient (Wildman–Crippen LogP) is 1.28. The van der Waals surface area contributed by atoms with Crippen LogP contribution in [0.4, 0.5) is 4.79 Å². The second-order valence-corrected chi connectivity index (χ2v) is 7.43. The van der Waals surface area contributed by atoms with Gasteiger partial charge in [-0.2, -0.15) is 0 Å². The molecule has 154 valence electrons. The molecular weight excluding hydrogens is 386 g/mol.